The van der Waals surface area contributed by atoms with Crippen molar-refractivity contribution in [3.63, 3.8) is 0 Å². The molecule has 1 aromatic rings. The molecule has 0 spiro atoms. The van der Waals surface area contributed by atoms with Gasteiger partial charge in [-0.05, 0) is 43.5 Å². The Kier molecular flexibility index (Phi) is 8.36. The van der Waals surface area contributed by atoms with Crippen LogP contribution in [0.4, 0.5) is 0 Å². The first-order chi connectivity index (χ1) is 10.9. The minimum Gasteiger partial charge on any atom is -0.491 e. The Morgan fingerprint density at radius 1 is 1.23 bits per heavy atom. The standard InChI is InChI=1S/C19H31NO2/c1-2-3-4-5-6-12-20-15-17-9-7-10-18(14-17)22-16-19-11-8-13-21-19/h7,9-10,14,19-20H,2-6,8,11-13,15-16H2,1H3. The molecule has 1 atom stereocenters. The molecule has 0 aliphatic carbocycles. The Morgan fingerprint density at radius 2 is 2.14 bits per heavy atom. The van der Waals surface area contributed by atoms with Crippen molar-refractivity contribution in [3.05, 3.63) is 29.8 Å². The second kappa shape index (κ2) is 10.6. The van der Waals surface area contributed by atoms with Crippen LogP contribution in [0.5, 0.6) is 5.75 Å². The fraction of sp³-hybridized carbons (Fsp3) is 0.684. The van der Waals surface area contributed by atoms with Gasteiger partial charge in [-0.15, -0.1) is 0 Å². The highest BCUT2D eigenvalue weighted by atomic mass is 16.5. The van der Waals surface area contributed by atoms with Gasteiger partial charge >= 0.3 is 0 Å². The van der Waals surface area contributed by atoms with Crippen LogP contribution in [0.25, 0.3) is 0 Å². The molecule has 1 saturated heterocycles. The average Bonchev–Trinajstić information content (AvgIpc) is 3.06. The molecule has 0 amide bonds. The summed E-state index contributed by atoms with van der Waals surface area (Å²) >= 11 is 0. The second-order valence-electron chi connectivity index (χ2n) is 6.18. The molecule has 1 aliphatic rings. The minimum atomic E-state index is 0.282. The third kappa shape index (κ3) is 6.80. The summed E-state index contributed by atoms with van der Waals surface area (Å²) < 4.78 is 11.4. The van der Waals surface area contributed by atoms with Gasteiger partial charge in [0.1, 0.15) is 12.4 Å². The van der Waals surface area contributed by atoms with Gasteiger partial charge in [0, 0.05) is 13.2 Å². The van der Waals surface area contributed by atoms with E-state index in [1.165, 1.54) is 37.7 Å². The minimum absolute atomic E-state index is 0.282. The molecule has 22 heavy (non-hydrogen) atoms. The smallest absolute Gasteiger partial charge is 0.119 e. The van der Waals surface area contributed by atoms with Crippen LogP contribution >= 0.6 is 0 Å². The van der Waals surface area contributed by atoms with Crippen LogP contribution in [0.2, 0.25) is 0 Å². The van der Waals surface area contributed by atoms with Gasteiger partial charge in [-0.3, -0.25) is 0 Å². The second-order valence-corrected chi connectivity index (χ2v) is 6.18. The molecule has 2 rings (SSSR count). The van der Waals surface area contributed by atoms with Gasteiger partial charge in [0.2, 0.25) is 0 Å². The van der Waals surface area contributed by atoms with Crippen LogP contribution in [0.3, 0.4) is 0 Å². The molecule has 0 saturated carbocycles. The van der Waals surface area contributed by atoms with Crippen molar-refractivity contribution in [1.29, 1.82) is 0 Å². The average molecular weight is 305 g/mol. The predicted molar refractivity (Wildman–Crippen MR) is 91.4 cm³/mol. The lowest BCUT2D eigenvalue weighted by Crippen LogP contribution is -2.17. The van der Waals surface area contributed by atoms with E-state index in [1.807, 2.05) is 6.07 Å². The Morgan fingerprint density at radius 3 is 2.95 bits per heavy atom. The van der Waals surface area contributed by atoms with Crippen LogP contribution in [-0.2, 0) is 11.3 Å². The summed E-state index contributed by atoms with van der Waals surface area (Å²) in [4.78, 5) is 0. The van der Waals surface area contributed by atoms with Crippen molar-refractivity contribution < 1.29 is 9.47 Å². The molecule has 3 nitrogen and oxygen atoms in total. The maximum Gasteiger partial charge on any atom is 0.119 e. The normalized spacial score (nSPS) is 17.8. The highest BCUT2D eigenvalue weighted by Crippen LogP contribution is 2.17. The van der Waals surface area contributed by atoms with E-state index in [4.69, 9.17) is 9.47 Å². The number of unbranched alkanes of at least 4 members (excludes halogenated alkanes) is 4. The van der Waals surface area contributed by atoms with Gasteiger partial charge < -0.3 is 14.8 Å². The van der Waals surface area contributed by atoms with Gasteiger partial charge in [-0.1, -0.05) is 44.7 Å². The third-order valence-electron chi connectivity index (χ3n) is 4.14. The van der Waals surface area contributed by atoms with Crippen molar-refractivity contribution >= 4 is 0 Å². The van der Waals surface area contributed by atoms with Crippen molar-refractivity contribution in [3.8, 4) is 5.75 Å². The molecule has 124 valence electrons. The lowest BCUT2D eigenvalue weighted by Gasteiger charge is -2.12. The first-order valence-corrected chi connectivity index (χ1v) is 8.92. The summed E-state index contributed by atoms with van der Waals surface area (Å²) in [7, 11) is 0. The highest BCUT2D eigenvalue weighted by Gasteiger charge is 2.15. The summed E-state index contributed by atoms with van der Waals surface area (Å²) in [5.41, 5.74) is 1.29. The summed E-state index contributed by atoms with van der Waals surface area (Å²) in [6.45, 7) is 5.84. The molecular formula is C19H31NO2. The van der Waals surface area contributed by atoms with E-state index < -0.39 is 0 Å². The SMILES string of the molecule is CCCCCCCNCc1cccc(OCC2CCCO2)c1. The number of ether oxygens (including phenoxy) is 2. The summed E-state index contributed by atoms with van der Waals surface area (Å²) in [6.07, 6.45) is 9.22. The van der Waals surface area contributed by atoms with Crippen LogP contribution in [0, 0.1) is 0 Å². The van der Waals surface area contributed by atoms with Crippen LogP contribution < -0.4 is 10.1 Å². The van der Waals surface area contributed by atoms with Gasteiger partial charge in [0.15, 0.2) is 0 Å². The zero-order valence-electron chi connectivity index (χ0n) is 14.0. The predicted octanol–water partition coefficient (Wildman–Crippen LogP) is 4.30. The zero-order chi connectivity index (χ0) is 15.5. The molecule has 0 bridgehead atoms. The molecule has 1 heterocycles. The van der Waals surface area contributed by atoms with E-state index in [1.54, 1.807) is 0 Å². The largest absolute Gasteiger partial charge is 0.491 e. The first-order valence-electron chi connectivity index (χ1n) is 8.92. The van der Waals surface area contributed by atoms with E-state index in [0.29, 0.717) is 6.61 Å². The molecule has 3 heteroatoms. The van der Waals surface area contributed by atoms with E-state index in [0.717, 1.165) is 38.3 Å². The van der Waals surface area contributed by atoms with Crippen molar-refractivity contribution in [1.82, 2.24) is 5.32 Å². The van der Waals surface area contributed by atoms with E-state index in [-0.39, 0.29) is 6.10 Å². The Balaban J connectivity index is 1.61. The zero-order valence-corrected chi connectivity index (χ0v) is 14.0. The highest BCUT2D eigenvalue weighted by molar-refractivity contribution is 5.28. The number of nitrogens with one attached hydrogen (secondary N) is 1. The van der Waals surface area contributed by atoms with Crippen LogP contribution in [-0.4, -0.2) is 25.9 Å². The number of hydrogen-bond acceptors (Lipinski definition) is 3. The number of hydrogen-bond donors (Lipinski definition) is 1. The monoisotopic (exact) mass is 305 g/mol. The summed E-state index contributed by atoms with van der Waals surface area (Å²) in [5.74, 6) is 0.956. The van der Waals surface area contributed by atoms with Crippen molar-refractivity contribution in [2.75, 3.05) is 19.8 Å². The Bertz CT molecular complexity index is 402. The molecule has 1 fully saturated rings. The first kappa shape index (κ1) is 17.3. The fourth-order valence-electron chi connectivity index (χ4n) is 2.80. The summed E-state index contributed by atoms with van der Waals surface area (Å²) in [6, 6.07) is 8.40. The Labute approximate surface area is 135 Å². The van der Waals surface area contributed by atoms with Gasteiger partial charge in [-0.2, -0.15) is 0 Å². The van der Waals surface area contributed by atoms with Gasteiger partial charge in [0.25, 0.3) is 0 Å². The molecule has 1 unspecified atom stereocenters. The van der Waals surface area contributed by atoms with Crippen molar-refractivity contribution in [2.24, 2.45) is 0 Å². The van der Waals surface area contributed by atoms with Crippen LogP contribution in [0.1, 0.15) is 57.4 Å². The maximum absolute atomic E-state index is 5.85. The molecule has 1 N–H and O–H groups in total. The summed E-state index contributed by atoms with van der Waals surface area (Å²) in [5, 5.41) is 3.52. The van der Waals surface area contributed by atoms with Gasteiger partial charge in [-0.25, -0.2) is 0 Å². The quantitative estimate of drug-likeness (QED) is 0.618. The lowest BCUT2D eigenvalue weighted by molar-refractivity contribution is 0.0679. The maximum atomic E-state index is 5.85. The molecule has 0 aromatic heterocycles. The van der Waals surface area contributed by atoms with Crippen LogP contribution in [0.15, 0.2) is 24.3 Å². The number of rotatable bonds is 11. The van der Waals surface area contributed by atoms with Crippen molar-refractivity contribution in [2.45, 2.75) is 64.5 Å². The van der Waals surface area contributed by atoms with E-state index in [2.05, 4.69) is 30.4 Å². The number of benzene rings is 1. The Hall–Kier alpha value is -1.06. The van der Waals surface area contributed by atoms with Gasteiger partial charge in [0.05, 0.1) is 6.10 Å². The molecular weight excluding hydrogens is 274 g/mol. The van der Waals surface area contributed by atoms with E-state index in [9.17, 15) is 0 Å². The molecule has 1 aromatic carbocycles. The molecule has 0 radical (unpaired) electrons. The van der Waals surface area contributed by atoms with E-state index >= 15 is 0 Å². The molecule has 1 aliphatic heterocycles. The topological polar surface area (TPSA) is 30.5 Å². The fourth-order valence-corrected chi connectivity index (χ4v) is 2.80. The lowest BCUT2D eigenvalue weighted by atomic mass is 10.1. The third-order valence-corrected chi connectivity index (χ3v) is 4.14.